The zero-order chi connectivity index (χ0) is 39.6. The van der Waals surface area contributed by atoms with Gasteiger partial charge in [-0.1, -0.05) is 36.4 Å². The number of hydrogen-bond donors (Lipinski definition) is 3. The summed E-state index contributed by atoms with van der Waals surface area (Å²) in [4.78, 5) is 58.8. The number of nitrogens with zero attached hydrogens (tertiary/aromatic N) is 4. The van der Waals surface area contributed by atoms with Crippen LogP contribution in [0.5, 0.6) is 11.5 Å². The molecule has 0 saturated carbocycles. The van der Waals surface area contributed by atoms with Crippen molar-refractivity contribution in [2.45, 2.75) is 38.1 Å². The number of rotatable bonds is 10. The van der Waals surface area contributed by atoms with Crippen LogP contribution in [-0.4, -0.2) is 101 Å². The van der Waals surface area contributed by atoms with Gasteiger partial charge in [0.1, 0.15) is 17.5 Å². The number of benzene rings is 4. The molecule has 3 fully saturated rings. The normalized spacial score (nSPS) is 19.8. The van der Waals surface area contributed by atoms with E-state index in [0.29, 0.717) is 29.3 Å². The lowest BCUT2D eigenvalue weighted by Gasteiger charge is -2.40. The Hall–Kier alpha value is -5.65. The molecule has 12 heteroatoms. The number of phenolic OH excluding ortho intramolecular Hbond substituents is 2. The van der Waals surface area contributed by atoms with Crippen LogP contribution in [0.25, 0.3) is 11.1 Å². The molecule has 0 aromatic heterocycles. The van der Waals surface area contributed by atoms with Crippen molar-refractivity contribution < 1.29 is 29.4 Å². The highest BCUT2D eigenvalue weighted by Gasteiger charge is 2.45. The average Bonchev–Trinajstić information content (AvgIpc) is 3.47. The Morgan fingerprint density at radius 1 is 0.649 bits per heavy atom. The van der Waals surface area contributed by atoms with Crippen molar-refractivity contribution in [1.82, 2.24) is 15.1 Å². The van der Waals surface area contributed by atoms with Gasteiger partial charge in [0, 0.05) is 69.5 Å². The molecule has 57 heavy (non-hydrogen) atoms. The highest BCUT2D eigenvalue weighted by atomic mass is 35.5. The quantitative estimate of drug-likeness (QED) is 0.0988. The van der Waals surface area contributed by atoms with Gasteiger partial charge in [0.15, 0.2) is 0 Å². The standard InChI is InChI=1S/C45H46ClN5O6/c46-20-17-37(30-3-10-35(52)11-4-30)42(32-5-12-36(53)13-6-32)31-1-7-33(8-2-31)49-21-18-29(19-22-49)28-48-23-25-50(26-24-48)34-9-14-38-39(27-34)45(57)51(44(38)56)40-15-16-41(54)47-43(40)55/h1-14,27,29,40,52-53H,15-26,28H2,(H,47,54,55). The van der Waals surface area contributed by atoms with Gasteiger partial charge in [-0.3, -0.25) is 34.3 Å². The van der Waals surface area contributed by atoms with Gasteiger partial charge in [-0.2, -0.15) is 0 Å². The van der Waals surface area contributed by atoms with E-state index in [2.05, 4.69) is 44.3 Å². The lowest BCUT2D eigenvalue weighted by Crippen LogP contribution is -2.54. The van der Waals surface area contributed by atoms with Gasteiger partial charge >= 0.3 is 0 Å². The van der Waals surface area contributed by atoms with E-state index >= 15 is 0 Å². The zero-order valence-corrected chi connectivity index (χ0v) is 32.5. The van der Waals surface area contributed by atoms with Crippen LogP contribution in [0.2, 0.25) is 0 Å². The molecule has 4 aliphatic heterocycles. The fourth-order valence-corrected chi connectivity index (χ4v) is 8.93. The molecule has 4 heterocycles. The monoisotopic (exact) mass is 787 g/mol. The van der Waals surface area contributed by atoms with Crippen LogP contribution in [0.1, 0.15) is 69.5 Å². The van der Waals surface area contributed by atoms with Crippen LogP contribution >= 0.6 is 11.6 Å². The maximum Gasteiger partial charge on any atom is 0.262 e. The summed E-state index contributed by atoms with van der Waals surface area (Å²) in [5, 5.41) is 22.2. The summed E-state index contributed by atoms with van der Waals surface area (Å²) < 4.78 is 0. The van der Waals surface area contributed by atoms with Crippen molar-refractivity contribution in [3.05, 3.63) is 119 Å². The molecule has 1 atom stereocenters. The molecule has 4 aromatic carbocycles. The number of fused-ring (bicyclic) bond motifs is 1. The van der Waals surface area contributed by atoms with Crippen molar-refractivity contribution in [3.8, 4) is 11.5 Å². The Balaban J connectivity index is 0.870. The van der Waals surface area contributed by atoms with E-state index in [4.69, 9.17) is 11.6 Å². The van der Waals surface area contributed by atoms with Crippen LogP contribution < -0.4 is 15.1 Å². The van der Waals surface area contributed by atoms with Crippen LogP contribution in [-0.2, 0) is 9.59 Å². The highest BCUT2D eigenvalue weighted by Crippen LogP contribution is 2.37. The molecule has 8 rings (SSSR count). The number of piperazine rings is 1. The number of piperidine rings is 2. The SMILES string of the molecule is O=C1CCC(N2C(=O)c3ccc(N4CCN(CC5CCN(c6ccc(C(=C(CCCl)c7ccc(O)cc7)c7ccc(O)cc7)cc6)CC5)CC4)cc3C2=O)C(=O)N1. The zero-order valence-electron chi connectivity index (χ0n) is 31.7. The molecule has 4 amide bonds. The Labute approximate surface area is 337 Å². The Morgan fingerprint density at radius 2 is 1.21 bits per heavy atom. The van der Waals surface area contributed by atoms with E-state index in [1.54, 1.807) is 36.4 Å². The molecule has 0 radical (unpaired) electrons. The van der Waals surface area contributed by atoms with Crippen LogP contribution in [0.3, 0.4) is 0 Å². The number of imide groups is 2. The second-order valence-corrected chi connectivity index (χ2v) is 15.7. The summed E-state index contributed by atoms with van der Waals surface area (Å²) in [5.41, 5.74) is 7.83. The first-order valence-electron chi connectivity index (χ1n) is 19.7. The number of alkyl halides is 1. The molecule has 4 aliphatic rings. The molecule has 1 unspecified atom stereocenters. The number of allylic oxidation sites excluding steroid dienone is 1. The van der Waals surface area contributed by atoms with Crippen molar-refractivity contribution in [2.75, 3.05) is 61.5 Å². The van der Waals surface area contributed by atoms with E-state index in [0.717, 1.165) is 97.1 Å². The highest BCUT2D eigenvalue weighted by molar-refractivity contribution is 6.23. The number of carbonyl (C=O) groups is 4. The molecule has 294 valence electrons. The predicted octanol–water partition coefficient (Wildman–Crippen LogP) is 6.13. The van der Waals surface area contributed by atoms with Crippen molar-refractivity contribution in [1.29, 1.82) is 0 Å². The number of aromatic hydroxyl groups is 2. The number of hydrogen-bond acceptors (Lipinski definition) is 9. The predicted molar refractivity (Wildman–Crippen MR) is 221 cm³/mol. The summed E-state index contributed by atoms with van der Waals surface area (Å²) in [6.07, 6.45) is 3.07. The van der Waals surface area contributed by atoms with Crippen molar-refractivity contribution in [2.24, 2.45) is 5.92 Å². The fraction of sp³-hybridized carbons (Fsp3) is 0.333. The second-order valence-electron chi connectivity index (χ2n) is 15.3. The van der Waals surface area contributed by atoms with E-state index < -0.39 is 23.8 Å². The van der Waals surface area contributed by atoms with Crippen molar-refractivity contribution in [3.63, 3.8) is 0 Å². The minimum absolute atomic E-state index is 0.0934. The average molecular weight is 788 g/mol. The van der Waals surface area contributed by atoms with Crippen LogP contribution in [0, 0.1) is 5.92 Å². The van der Waals surface area contributed by atoms with Gasteiger partial charge in [0.2, 0.25) is 11.8 Å². The smallest absolute Gasteiger partial charge is 0.262 e. The van der Waals surface area contributed by atoms with Gasteiger partial charge < -0.3 is 20.0 Å². The van der Waals surface area contributed by atoms with E-state index in [1.165, 1.54) is 5.69 Å². The molecule has 0 spiro atoms. The fourth-order valence-electron chi connectivity index (χ4n) is 8.74. The number of amides is 4. The van der Waals surface area contributed by atoms with Gasteiger partial charge in [-0.05, 0) is 114 Å². The molecular formula is C45H46ClN5O6. The first-order valence-corrected chi connectivity index (χ1v) is 20.3. The first kappa shape index (κ1) is 38.2. The summed E-state index contributed by atoms with van der Waals surface area (Å²) in [7, 11) is 0. The van der Waals surface area contributed by atoms with Gasteiger partial charge in [0.25, 0.3) is 11.8 Å². The molecule has 3 saturated heterocycles. The molecule has 3 N–H and O–H groups in total. The Morgan fingerprint density at radius 3 is 1.82 bits per heavy atom. The van der Waals surface area contributed by atoms with Gasteiger partial charge in [-0.25, -0.2) is 0 Å². The summed E-state index contributed by atoms with van der Waals surface area (Å²) in [5.74, 6) is -0.509. The topological polar surface area (TPSA) is 134 Å². The summed E-state index contributed by atoms with van der Waals surface area (Å²) >= 11 is 6.34. The third-order valence-corrected chi connectivity index (χ3v) is 12.0. The molecular weight excluding hydrogens is 742 g/mol. The summed E-state index contributed by atoms with van der Waals surface area (Å²) in [6.45, 7) is 6.42. The van der Waals surface area contributed by atoms with E-state index in [-0.39, 0.29) is 30.2 Å². The number of nitrogens with one attached hydrogen (secondary N) is 1. The first-order chi connectivity index (χ1) is 27.7. The number of carbonyl (C=O) groups excluding carboxylic acids is 4. The number of phenols is 2. The number of anilines is 2. The van der Waals surface area contributed by atoms with Crippen LogP contribution in [0.4, 0.5) is 11.4 Å². The lowest BCUT2D eigenvalue weighted by molar-refractivity contribution is -0.136. The molecule has 11 nitrogen and oxygen atoms in total. The minimum Gasteiger partial charge on any atom is -0.508 e. The third-order valence-electron chi connectivity index (χ3n) is 11.8. The van der Waals surface area contributed by atoms with Gasteiger partial charge in [0.05, 0.1) is 11.1 Å². The maximum absolute atomic E-state index is 13.4. The van der Waals surface area contributed by atoms with Gasteiger partial charge in [-0.15, -0.1) is 11.6 Å². The van der Waals surface area contributed by atoms with Crippen LogP contribution in [0.15, 0.2) is 91.0 Å². The Bertz CT molecular complexity index is 2190. The van der Waals surface area contributed by atoms with E-state index in [9.17, 15) is 29.4 Å². The molecule has 0 aliphatic carbocycles. The molecule has 0 bridgehead atoms. The largest absolute Gasteiger partial charge is 0.508 e. The maximum atomic E-state index is 13.4. The lowest BCUT2D eigenvalue weighted by atomic mass is 9.88. The van der Waals surface area contributed by atoms with E-state index in [1.807, 2.05) is 30.3 Å². The number of halogens is 1. The third kappa shape index (κ3) is 7.99. The summed E-state index contributed by atoms with van der Waals surface area (Å²) in [6, 6.07) is 27.6. The minimum atomic E-state index is -0.971. The second kappa shape index (κ2) is 16.4. The van der Waals surface area contributed by atoms with Crippen molar-refractivity contribution >= 4 is 57.8 Å². The molecule has 4 aromatic rings. The Kier molecular flexibility index (Phi) is 11.0.